The van der Waals surface area contributed by atoms with Crippen molar-refractivity contribution in [2.75, 3.05) is 26.4 Å². The van der Waals surface area contributed by atoms with Gasteiger partial charge in [-0.25, -0.2) is 0 Å². The number of hydrogen-bond donors (Lipinski definition) is 0. The van der Waals surface area contributed by atoms with Gasteiger partial charge in [0, 0.05) is 0 Å². The lowest BCUT2D eigenvalue weighted by atomic mass is 9.93. The van der Waals surface area contributed by atoms with Gasteiger partial charge < -0.3 is 18.1 Å². The largest absolute Gasteiger partial charge is 0.342 e. The molecular formula is C47H62O6P2. The van der Waals surface area contributed by atoms with Crippen molar-refractivity contribution >= 4 is 15.2 Å². The summed E-state index contributed by atoms with van der Waals surface area (Å²) in [6, 6.07) is 33.5. The Morgan fingerprint density at radius 1 is 0.400 bits per heavy atom. The van der Waals surface area contributed by atoms with E-state index in [0.717, 1.165) is 47.9 Å². The average molecular weight is 785 g/mol. The molecule has 0 saturated carbocycles. The third kappa shape index (κ3) is 10.4. The highest BCUT2D eigenvalue weighted by molar-refractivity contribution is 7.55. The molecule has 0 bridgehead atoms. The van der Waals surface area contributed by atoms with Crippen LogP contribution in [0.5, 0.6) is 0 Å². The fourth-order valence-corrected chi connectivity index (χ4v) is 12.6. The van der Waals surface area contributed by atoms with Crippen molar-refractivity contribution in [2.45, 2.75) is 92.4 Å². The van der Waals surface area contributed by atoms with E-state index in [1.807, 2.05) is 0 Å². The summed E-state index contributed by atoms with van der Waals surface area (Å²) < 4.78 is 55.4. The molecule has 6 rings (SSSR count). The van der Waals surface area contributed by atoms with Crippen molar-refractivity contribution in [2.24, 2.45) is 29.1 Å². The maximum atomic E-state index is 14.9. The molecule has 2 heterocycles. The summed E-state index contributed by atoms with van der Waals surface area (Å²) in [5.41, 5.74) is 6.60. The lowest BCUT2D eigenvalue weighted by molar-refractivity contribution is -0.0703. The van der Waals surface area contributed by atoms with Gasteiger partial charge in [0.05, 0.1) is 31.8 Å². The van der Waals surface area contributed by atoms with Crippen molar-refractivity contribution in [1.29, 1.82) is 0 Å². The van der Waals surface area contributed by atoms with E-state index in [2.05, 4.69) is 152 Å². The monoisotopic (exact) mass is 784 g/mol. The van der Waals surface area contributed by atoms with Crippen molar-refractivity contribution in [3.8, 4) is 0 Å². The van der Waals surface area contributed by atoms with Crippen molar-refractivity contribution in [3.05, 3.63) is 142 Å². The van der Waals surface area contributed by atoms with Gasteiger partial charge in [0.2, 0.25) is 0 Å². The van der Waals surface area contributed by atoms with Crippen LogP contribution in [0.1, 0.15) is 111 Å². The Morgan fingerprint density at radius 3 is 0.782 bits per heavy atom. The molecule has 2 aliphatic heterocycles. The molecule has 4 aromatic rings. The van der Waals surface area contributed by atoms with Gasteiger partial charge in [0.1, 0.15) is 11.3 Å². The van der Waals surface area contributed by atoms with Crippen molar-refractivity contribution in [1.82, 2.24) is 0 Å². The molecule has 0 atom stereocenters. The zero-order chi connectivity index (χ0) is 39.4. The Hall–Kier alpha value is -2.82. The minimum Gasteiger partial charge on any atom is -0.307 e. The minimum absolute atomic E-state index is 0.107. The molecule has 0 amide bonds. The van der Waals surface area contributed by atoms with E-state index in [-0.39, 0.29) is 26.4 Å². The van der Waals surface area contributed by atoms with Crippen LogP contribution in [0.2, 0.25) is 0 Å². The molecule has 0 unspecified atom stereocenters. The molecule has 1 spiro atoms. The predicted octanol–water partition coefficient (Wildman–Crippen LogP) is 12.8. The van der Waals surface area contributed by atoms with E-state index < -0.39 is 31.9 Å². The molecule has 0 radical (unpaired) electrons. The molecular weight excluding hydrogens is 722 g/mol. The third-order valence-electron chi connectivity index (χ3n) is 10.6. The zero-order valence-electron chi connectivity index (χ0n) is 34.2. The quantitative estimate of drug-likeness (QED) is 0.119. The second-order valence-corrected chi connectivity index (χ2v) is 22.1. The van der Waals surface area contributed by atoms with Gasteiger partial charge >= 0.3 is 15.2 Å². The summed E-state index contributed by atoms with van der Waals surface area (Å²) in [6.07, 6.45) is 3.89. The lowest BCUT2D eigenvalue weighted by Crippen LogP contribution is -2.46. The van der Waals surface area contributed by atoms with Gasteiger partial charge in [-0.1, -0.05) is 152 Å². The summed E-state index contributed by atoms with van der Waals surface area (Å²) in [6.45, 7) is 18.1. The van der Waals surface area contributed by atoms with Gasteiger partial charge in [-0.3, -0.25) is 9.13 Å². The first-order chi connectivity index (χ1) is 26.2. The Kier molecular flexibility index (Phi) is 13.5. The highest BCUT2D eigenvalue weighted by atomic mass is 31.2. The van der Waals surface area contributed by atoms with E-state index in [9.17, 15) is 9.13 Å². The Balaban J connectivity index is 1.23. The van der Waals surface area contributed by atoms with Gasteiger partial charge in [-0.15, -0.1) is 0 Å². The van der Waals surface area contributed by atoms with Crippen LogP contribution in [0.3, 0.4) is 0 Å². The second-order valence-electron chi connectivity index (χ2n) is 17.8. The minimum atomic E-state index is -3.70. The van der Waals surface area contributed by atoms with E-state index in [4.69, 9.17) is 18.1 Å². The number of hydrogen-bond acceptors (Lipinski definition) is 6. The second kappa shape index (κ2) is 17.8. The third-order valence-corrected chi connectivity index (χ3v) is 15.0. The van der Waals surface area contributed by atoms with Crippen LogP contribution in [0, 0.1) is 29.1 Å². The molecule has 8 heteroatoms. The van der Waals surface area contributed by atoms with Gasteiger partial charge in [-0.2, -0.15) is 0 Å². The van der Waals surface area contributed by atoms with E-state index >= 15 is 0 Å². The maximum Gasteiger partial charge on any atom is 0.342 e. The van der Waals surface area contributed by atoms with Crippen LogP contribution in [0.25, 0.3) is 0 Å². The molecule has 2 saturated heterocycles. The van der Waals surface area contributed by atoms with Gasteiger partial charge in [0.25, 0.3) is 0 Å². The van der Waals surface area contributed by atoms with E-state index in [1.165, 1.54) is 22.3 Å². The molecule has 2 fully saturated rings. The molecule has 0 aromatic heterocycles. The van der Waals surface area contributed by atoms with Crippen LogP contribution in [0.4, 0.5) is 0 Å². The summed E-state index contributed by atoms with van der Waals surface area (Å²) >= 11 is 0. The molecule has 0 aliphatic carbocycles. The van der Waals surface area contributed by atoms with E-state index in [1.54, 1.807) is 0 Å². The molecule has 0 N–H and O–H groups in total. The van der Waals surface area contributed by atoms with Crippen LogP contribution < -0.4 is 0 Å². The molecule has 55 heavy (non-hydrogen) atoms. The standard InChI is InChI=1S/C47H62O6P2/c1-33(2)25-37-9-17-41(18-10-37)45(42-19-11-38(12-20-42)26-34(3)4)54(48)50-29-47(30-51-54)31-52-55(49,53-32-47)46(43-21-13-39(14-22-43)27-35(5)6)44-23-15-40(16-24-44)28-36(7)8/h9-24,33-36,45-46H,25-32H2,1-8H3. The SMILES string of the molecule is CC(C)Cc1ccc(C(c2ccc(CC(C)C)cc2)P2(=O)OCC3(CO2)COP(=O)(C(c2ccc(CC(C)C)cc2)c2ccc(CC(C)C)cc2)OC3)cc1. The van der Waals surface area contributed by atoms with Crippen molar-refractivity contribution < 1.29 is 27.2 Å². The smallest absolute Gasteiger partial charge is 0.307 e. The highest BCUT2D eigenvalue weighted by Gasteiger charge is 2.53. The topological polar surface area (TPSA) is 71.1 Å². The lowest BCUT2D eigenvalue weighted by Gasteiger charge is -2.45. The summed E-state index contributed by atoms with van der Waals surface area (Å²) in [7, 11) is -7.41. The number of rotatable bonds is 14. The molecule has 4 aromatic carbocycles. The summed E-state index contributed by atoms with van der Waals surface area (Å²) in [4.78, 5) is 0. The first-order valence-corrected chi connectivity index (χ1v) is 23.5. The average Bonchev–Trinajstić information content (AvgIpc) is 3.13. The predicted molar refractivity (Wildman–Crippen MR) is 225 cm³/mol. The normalized spacial score (nSPS) is 23.2. The maximum absolute atomic E-state index is 14.9. The summed E-state index contributed by atoms with van der Waals surface area (Å²) in [5.74, 6) is 2.13. The Labute approximate surface area is 330 Å². The fourth-order valence-electron chi connectivity index (χ4n) is 7.88. The van der Waals surface area contributed by atoms with Crippen molar-refractivity contribution in [3.63, 3.8) is 0 Å². The Morgan fingerprint density at radius 2 is 0.600 bits per heavy atom. The van der Waals surface area contributed by atoms with Crippen LogP contribution in [-0.4, -0.2) is 26.4 Å². The Bertz CT molecular complexity index is 1650. The number of benzene rings is 4. The van der Waals surface area contributed by atoms with Gasteiger partial charge in [-0.05, 0) is 93.9 Å². The van der Waals surface area contributed by atoms with E-state index in [0.29, 0.717) is 23.7 Å². The first kappa shape index (κ1) is 41.8. The summed E-state index contributed by atoms with van der Waals surface area (Å²) in [5, 5.41) is 0. The fraction of sp³-hybridized carbons (Fsp3) is 0.489. The molecule has 6 nitrogen and oxygen atoms in total. The zero-order valence-corrected chi connectivity index (χ0v) is 36.0. The first-order valence-electron chi connectivity index (χ1n) is 20.3. The van der Waals surface area contributed by atoms with Crippen LogP contribution in [-0.2, 0) is 52.9 Å². The van der Waals surface area contributed by atoms with Crippen LogP contribution >= 0.6 is 15.2 Å². The molecule has 2 aliphatic rings. The van der Waals surface area contributed by atoms with Gasteiger partial charge in [0.15, 0.2) is 0 Å². The highest BCUT2D eigenvalue weighted by Crippen LogP contribution is 2.70. The molecule has 296 valence electrons. The van der Waals surface area contributed by atoms with Crippen LogP contribution in [0.15, 0.2) is 97.1 Å².